The van der Waals surface area contributed by atoms with E-state index in [1.165, 1.54) is 23.3 Å². The summed E-state index contributed by atoms with van der Waals surface area (Å²) in [4.78, 5) is 16.5. The Bertz CT molecular complexity index is 1010. The number of aliphatic imine (C=N–C) groups is 1. The molecule has 5 N–H and O–H groups in total. The van der Waals surface area contributed by atoms with Gasteiger partial charge in [-0.15, -0.1) is 11.3 Å². The van der Waals surface area contributed by atoms with Crippen LogP contribution in [0, 0.1) is 0 Å². The SMILES string of the molecule is NSc1ccc(CC(C=Nc2cc(C(=O)O)cs2)=C(N)c2ccccc2)cc1. The Morgan fingerprint density at radius 2 is 1.82 bits per heavy atom. The van der Waals surface area contributed by atoms with Crippen molar-refractivity contribution in [3.8, 4) is 0 Å². The Labute approximate surface area is 171 Å². The highest BCUT2D eigenvalue weighted by Crippen LogP contribution is 2.25. The Kier molecular flexibility index (Phi) is 6.65. The molecule has 7 heteroatoms. The molecule has 0 aliphatic carbocycles. The monoisotopic (exact) mass is 409 g/mol. The molecule has 0 radical (unpaired) electrons. The molecule has 5 nitrogen and oxygen atoms in total. The molecular weight excluding hydrogens is 390 g/mol. The van der Waals surface area contributed by atoms with E-state index in [9.17, 15) is 4.79 Å². The van der Waals surface area contributed by atoms with E-state index in [0.29, 0.717) is 17.1 Å². The zero-order chi connectivity index (χ0) is 19.9. The molecule has 1 heterocycles. The lowest BCUT2D eigenvalue weighted by Crippen LogP contribution is -2.05. The zero-order valence-electron chi connectivity index (χ0n) is 14.9. The lowest BCUT2D eigenvalue weighted by Gasteiger charge is -2.09. The lowest BCUT2D eigenvalue weighted by molar-refractivity contribution is 0.0697. The highest BCUT2D eigenvalue weighted by atomic mass is 32.2. The van der Waals surface area contributed by atoms with Crippen LogP contribution in [0.25, 0.3) is 5.70 Å². The van der Waals surface area contributed by atoms with E-state index in [4.69, 9.17) is 16.0 Å². The fraction of sp³-hybridized carbons (Fsp3) is 0.0476. The van der Waals surface area contributed by atoms with E-state index >= 15 is 0 Å². The number of carboxylic acid groups (broad SMARTS) is 1. The number of carbonyl (C=O) groups is 1. The number of aromatic carboxylic acids is 1. The Morgan fingerprint density at radius 3 is 2.43 bits per heavy atom. The van der Waals surface area contributed by atoms with Gasteiger partial charge in [0.2, 0.25) is 0 Å². The fourth-order valence-corrected chi connectivity index (χ4v) is 3.58. The minimum atomic E-state index is -0.963. The summed E-state index contributed by atoms with van der Waals surface area (Å²) < 4.78 is 0. The first kappa shape index (κ1) is 19.9. The molecule has 0 fully saturated rings. The molecule has 0 saturated heterocycles. The van der Waals surface area contributed by atoms with Crippen molar-refractivity contribution in [2.24, 2.45) is 15.9 Å². The second-order valence-electron chi connectivity index (χ2n) is 5.98. The maximum absolute atomic E-state index is 11.1. The number of allylic oxidation sites excluding steroid dienone is 1. The van der Waals surface area contributed by atoms with Crippen molar-refractivity contribution >= 4 is 46.2 Å². The Balaban J connectivity index is 1.93. The number of rotatable bonds is 7. The molecule has 1 aromatic heterocycles. The molecule has 0 bridgehead atoms. The van der Waals surface area contributed by atoms with Crippen LogP contribution in [0.3, 0.4) is 0 Å². The van der Waals surface area contributed by atoms with E-state index < -0.39 is 5.97 Å². The van der Waals surface area contributed by atoms with Gasteiger partial charge < -0.3 is 10.8 Å². The van der Waals surface area contributed by atoms with Gasteiger partial charge in [-0.3, -0.25) is 5.14 Å². The van der Waals surface area contributed by atoms with Gasteiger partial charge in [-0.2, -0.15) is 0 Å². The van der Waals surface area contributed by atoms with Gasteiger partial charge in [0.15, 0.2) is 0 Å². The van der Waals surface area contributed by atoms with Crippen molar-refractivity contribution in [2.75, 3.05) is 0 Å². The zero-order valence-corrected chi connectivity index (χ0v) is 16.5. The fourth-order valence-electron chi connectivity index (χ4n) is 2.57. The number of thiophene rings is 1. The number of nitrogens with zero attached hydrogens (tertiary/aromatic N) is 1. The molecular formula is C21H19N3O2S2. The topological polar surface area (TPSA) is 102 Å². The van der Waals surface area contributed by atoms with E-state index in [2.05, 4.69) is 4.99 Å². The minimum absolute atomic E-state index is 0.230. The first-order valence-corrected chi connectivity index (χ1v) is 10.2. The molecule has 0 spiro atoms. The van der Waals surface area contributed by atoms with Gasteiger partial charge in [-0.1, -0.05) is 42.5 Å². The maximum Gasteiger partial charge on any atom is 0.336 e. The predicted molar refractivity (Wildman–Crippen MR) is 117 cm³/mol. The molecule has 0 amide bonds. The van der Waals surface area contributed by atoms with Crippen LogP contribution in [-0.4, -0.2) is 17.3 Å². The lowest BCUT2D eigenvalue weighted by atomic mass is 10.0. The van der Waals surface area contributed by atoms with Gasteiger partial charge in [0.1, 0.15) is 5.00 Å². The van der Waals surface area contributed by atoms with Crippen molar-refractivity contribution in [3.05, 3.63) is 88.3 Å². The summed E-state index contributed by atoms with van der Waals surface area (Å²) in [7, 11) is 0. The summed E-state index contributed by atoms with van der Waals surface area (Å²) in [5.74, 6) is -0.963. The molecule has 2 aromatic carbocycles. The van der Waals surface area contributed by atoms with Gasteiger partial charge in [0.25, 0.3) is 0 Å². The van der Waals surface area contributed by atoms with E-state index in [-0.39, 0.29) is 5.56 Å². The number of hydrogen-bond acceptors (Lipinski definition) is 6. The van der Waals surface area contributed by atoms with Crippen LogP contribution in [0.5, 0.6) is 0 Å². The van der Waals surface area contributed by atoms with Crippen molar-refractivity contribution < 1.29 is 9.90 Å². The van der Waals surface area contributed by atoms with Crippen LogP contribution >= 0.6 is 23.3 Å². The summed E-state index contributed by atoms with van der Waals surface area (Å²) in [6.45, 7) is 0. The third kappa shape index (κ3) is 5.10. The summed E-state index contributed by atoms with van der Waals surface area (Å²) in [5.41, 5.74) is 10.1. The predicted octanol–water partition coefficient (Wildman–Crippen LogP) is 4.73. The highest BCUT2D eigenvalue weighted by molar-refractivity contribution is 7.97. The first-order valence-electron chi connectivity index (χ1n) is 8.42. The van der Waals surface area contributed by atoms with Gasteiger partial charge in [-0.25, -0.2) is 9.79 Å². The van der Waals surface area contributed by atoms with Gasteiger partial charge >= 0.3 is 5.97 Å². The molecule has 28 heavy (non-hydrogen) atoms. The first-order chi connectivity index (χ1) is 13.6. The quantitative estimate of drug-likeness (QED) is 0.387. The van der Waals surface area contributed by atoms with Crippen LogP contribution in [0.4, 0.5) is 5.00 Å². The third-order valence-electron chi connectivity index (χ3n) is 4.06. The largest absolute Gasteiger partial charge is 0.478 e. The van der Waals surface area contributed by atoms with Crippen molar-refractivity contribution in [1.82, 2.24) is 0 Å². The molecule has 0 atom stereocenters. The van der Waals surface area contributed by atoms with Gasteiger partial charge in [0, 0.05) is 28.6 Å². The second-order valence-corrected chi connectivity index (χ2v) is 7.58. The van der Waals surface area contributed by atoms with E-state index in [1.807, 2.05) is 54.6 Å². The van der Waals surface area contributed by atoms with Crippen molar-refractivity contribution in [3.63, 3.8) is 0 Å². The number of benzene rings is 2. The van der Waals surface area contributed by atoms with Gasteiger partial charge in [0.05, 0.1) is 5.56 Å². The van der Waals surface area contributed by atoms with Crippen molar-refractivity contribution in [2.45, 2.75) is 11.3 Å². The minimum Gasteiger partial charge on any atom is -0.478 e. The van der Waals surface area contributed by atoms with Crippen LogP contribution < -0.4 is 10.9 Å². The smallest absolute Gasteiger partial charge is 0.336 e. The highest BCUT2D eigenvalue weighted by Gasteiger charge is 2.08. The van der Waals surface area contributed by atoms with Crippen LogP contribution in [-0.2, 0) is 6.42 Å². The summed E-state index contributed by atoms with van der Waals surface area (Å²) in [6.07, 6.45) is 2.31. The number of carboxylic acids is 1. The molecule has 0 aliphatic rings. The third-order valence-corrected chi connectivity index (χ3v) is 5.45. The van der Waals surface area contributed by atoms with Crippen molar-refractivity contribution in [1.29, 1.82) is 0 Å². The van der Waals surface area contributed by atoms with Crippen LogP contribution in [0.1, 0.15) is 21.5 Å². The molecule has 142 valence electrons. The van der Waals surface area contributed by atoms with Crippen LogP contribution in [0.15, 0.2) is 81.5 Å². The molecule has 0 aliphatic heterocycles. The second kappa shape index (κ2) is 9.36. The molecule has 0 unspecified atom stereocenters. The Morgan fingerprint density at radius 1 is 1.11 bits per heavy atom. The number of hydrogen-bond donors (Lipinski definition) is 3. The summed E-state index contributed by atoms with van der Waals surface area (Å²) in [6, 6.07) is 19.2. The summed E-state index contributed by atoms with van der Waals surface area (Å²) >= 11 is 2.48. The molecule has 0 saturated carbocycles. The number of nitrogens with two attached hydrogens (primary N) is 2. The molecule has 3 aromatic rings. The van der Waals surface area contributed by atoms with Crippen LogP contribution in [0.2, 0.25) is 0 Å². The maximum atomic E-state index is 11.1. The standard InChI is InChI=1S/C21H19N3O2S2/c22-20(15-4-2-1-3-5-15)16(10-14-6-8-18(28-23)9-7-14)12-24-19-11-17(13-27-19)21(25)26/h1-9,11-13H,10,22-23H2,(H,25,26). The summed E-state index contributed by atoms with van der Waals surface area (Å²) in [5, 5.41) is 16.8. The Hall–Kier alpha value is -2.87. The average Bonchev–Trinajstić information content (AvgIpc) is 3.21. The average molecular weight is 410 g/mol. The van der Waals surface area contributed by atoms with Gasteiger partial charge in [-0.05, 0) is 46.8 Å². The van der Waals surface area contributed by atoms with E-state index in [1.54, 1.807) is 17.7 Å². The normalized spacial score (nSPS) is 12.2. The molecule has 3 rings (SSSR count). The van der Waals surface area contributed by atoms with E-state index in [0.717, 1.165) is 21.6 Å².